The van der Waals surface area contributed by atoms with Crippen LogP contribution in [0.3, 0.4) is 0 Å². The summed E-state index contributed by atoms with van der Waals surface area (Å²) in [6.45, 7) is 9.92. The van der Waals surface area contributed by atoms with Gasteiger partial charge in [0.1, 0.15) is 0 Å². The van der Waals surface area contributed by atoms with Crippen molar-refractivity contribution in [1.29, 1.82) is 0 Å². The molecule has 0 fully saturated rings. The molecule has 0 aromatic carbocycles. The van der Waals surface area contributed by atoms with Crippen molar-refractivity contribution in [2.75, 3.05) is 18.1 Å². The zero-order chi connectivity index (χ0) is 11.0. The summed E-state index contributed by atoms with van der Waals surface area (Å²) in [5.74, 6) is 3.50. The van der Waals surface area contributed by atoms with E-state index in [9.17, 15) is 0 Å². The highest BCUT2D eigenvalue weighted by atomic mass is 32.2. The van der Waals surface area contributed by atoms with Gasteiger partial charge in [0.2, 0.25) is 0 Å². The predicted molar refractivity (Wildman–Crippen MR) is 68.8 cm³/mol. The second-order valence-corrected chi connectivity index (χ2v) is 6.21. The van der Waals surface area contributed by atoms with Gasteiger partial charge in [0.25, 0.3) is 0 Å². The molecule has 0 aliphatic carbocycles. The van der Waals surface area contributed by atoms with Gasteiger partial charge in [0.15, 0.2) is 0 Å². The molecule has 0 bridgehead atoms. The van der Waals surface area contributed by atoms with Crippen LogP contribution < -0.4 is 5.73 Å². The Labute approximate surface area is 94.2 Å². The molecule has 0 heterocycles. The molecule has 0 spiro atoms. The Morgan fingerprint density at radius 1 is 1.36 bits per heavy atom. The van der Waals surface area contributed by atoms with Crippen LogP contribution in [-0.4, -0.2) is 18.1 Å². The predicted octanol–water partition coefficient (Wildman–Crippen LogP) is 3.53. The van der Waals surface area contributed by atoms with E-state index < -0.39 is 0 Å². The highest BCUT2D eigenvalue weighted by molar-refractivity contribution is 7.99. The van der Waals surface area contributed by atoms with E-state index in [1.165, 1.54) is 30.8 Å². The fourth-order valence-corrected chi connectivity index (χ4v) is 2.31. The minimum absolute atomic E-state index is 0.344. The molecule has 2 heteroatoms. The summed E-state index contributed by atoms with van der Waals surface area (Å²) in [5.41, 5.74) is 6.03. The van der Waals surface area contributed by atoms with E-state index in [2.05, 4.69) is 39.5 Å². The lowest BCUT2D eigenvalue weighted by Gasteiger charge is -2.21. The van der Waals surface area contributed by atoms with Gasteiger partial charge in [0, 0.05) is 0 Å². The lowest BCUT2D eigenvalue weighted by Crippen LogP contribution is -2.23. The molecule has 0 amide bonds. The van der Waals surface area contributed by atoms with E-state index >= 15 is 0 Å². The van der Waals surface area contributed by atoms with Crippen LogP contribution in [0.4, 0.5) is 0 Å². The molecular weight excluding hydrogens is 190 g/mol. The molecule has 0 aliphatic rings. The van der Waals surface area contributed by atoms with Crippen LogP contribution in [0.15, 0.2) is 0 Å². The summed E-state index contributed by atoms with van der Waals surface area (Å²) in [4.78, 5) is 0. The summed E-state index contributed by atoms with van der Waals surface area (Å²) in [6, 6.07) is 0. The zero-order valence-corrected chi connectivity index (χ0v) is 11.1. The quantitative estimate of drug-likeness (QED) is 0.629. The molecule has 0 aromatic rings. The number of hydrogen-bond acceptors (Lipinski definition) is 2. The fraction of sp³-hybridized carbons (Fsp3) is 1.00. The Hall–Kier alpha value is 0.310. The van der Waals surface area contributed by atoms with E-state index in [-0.39, 0.29) is 0 Å². The molecule has 14 heavy (non-hydrogen) atoms. The normalized spacial score (nSPS) is 14.4. The van der Waals surface area contributed by atoms with E-state index in [4.69, 9.17) is 5.73 Å². The smallest absolute Gasteiger partial charge is 0.00258 e. The molecule has 0 saturated carbocycles. The molecule has 1 unspecified atom stereocenters. The van der Waals surface area contributed by atoms with Crippen LogP contribution >= 0.6 is 11.8 Å². The molecule has 86 valence electrons. The number of thioether (sulfide) groups is 1. The van der Waals surface area contributed by atoms with E-state index in [0.717, 1.165) is 12.5 Å². The van der Waals surface area contributed by atoms with Crippen LogP contribution in [0.25, 0.3) is 0 Å². The standard InChI is InChI=1S/C12H27NS/c1-5-11(2)9-14-8-6-7-12(3,4)10-13/h11H,5-10,13H2,1-4H3. The Balaban J connectivity index is 3.30. The topological polar surface area (TPSA) is 26.0 Å². The SMILES string of the molecule is CCC(C)CSCCCC(C)(C)CN. The van der Waals surface area contributed by atoms with Crippen LogP contribution in [0, 0.1) is 11.3 Å². The second-order valence-electron chi connectivity index (χ2n) is 5.06. The summed E-state index contributed by atoms with van der Waals surface area (Å²) in [5, 5.41) is 0. The van der Waals surface area contributed by atoms with Crippen molar-refractivity contribution < 1.29 is 0 Å². The Morgan fingerprint density at radius 3 is 2.50 bits per heavy atom. The van der Waals surface area contributed by atoms with Crippen molar-refractivity contribution >= 4 is 11.8 Å². The van der Waals surface area contributed by atoms with E-state index in [0.29, 0.717) is 5.41 Å². The Morgan fingerprint density at radius 2 is 2.00 bits per heavy atom. The molecule has 1 atom stereocenters. The highest BCUT2D eigenvalue weighted by Crippen LogP contribution is 2.22. The van der Waals surface area contributed by atoms with Gasteiger partial charge < -0.3 is 5.73 Å². The van der Waals surface area contributed by atoms with Crippen molar-refractivity contribution in [2.24, 2.45) is 17.1 Å². The van der Waals surface area contributed by atoms with Crippen molar-refractivity contribution in [3.63, 3.8) is 0 Å². The van der Waals surface area contributed by atoms with Crippen molar-refractivity contribution in [3.05, 3.63) is 0 Å². The minimum Gasteiger partial charge on any atom is -0.330 e. The molecule has 0 radical (unpaired) electrons. The van der Waals surface area contributed by atoms with Crippen LogP contribution in [0.5, 0.6) is 0 Å². The van der Waals surface area contributed by atoms with Gasteiger partial charge in [-0.25, -0.2) is 0 Å². The van der Waals surface area contributed by atoms with Gasteiger partial charge in [0.05, 0.1) is 0 Å². The maximum absolute atomic E-state index is 5.68. The average Bonchev–Trinajstić information content (AvgIpc) is 2.17. The van der Waals surface area contributed by atoms with Gasteiger partial charge in [-0.05, 0) is 42.2 Å². The first-order valence-corrected chi connectivity index (χ1v) is 6.95. The lowest BCUT2D eigenvalue weighted by atomic mass is 9.88. The first-order chi connectivity index (χ1) is 6.52. The lowest BCUT2D eigenvalue weighted by molar-refractivity contribution is 0.345. The zero-order valence-electron chi connectivity index (χ0n) is 10.3. The summed E-state index contributed by atoms with van der Waals surface area (Å²) >= 11 is 2.10. The maximum Gasteiger partial charge on any atom is -0.00258 e. The van der Waals surface area contributed by atoms with E-state index in [1.54, 1.807) is 0 Å². The number of rotatable bonds is 8. The first-order valence-electron chi connectivity index (χ1n) is 5.79. The van der Waals surface area contributed by atoms with Crippen molar-refractivity contribution in [1.82, 2.24) is 0 Å². The number of nitrogens with two attached hydrogens (primary N) is 1. The molecule has 0 aromatic heterocycles. The molecule has 0 aliphatic heterocycles. The Kier molecular flexibility index (Phi) is 7.75. The molecular formula is C12H27NS. The van der Waals surface area contributed by atoms with Crippen molar-refractivity contribution in [3.8, 4) is 0 Å². The largest absolute Gasteiger partial charge is 0.330 e. The molecule has 2 N–H and O–H groups in total. The van der Waals surface area contributed by atoms with Gasteiger partial charge >= 0.3 is 0 Å². The fourth-order valence-electron chi connectivity index (χ4n) is 1.16. The second kappa shape index (κ2) is 7.58. The van der Waals surface area contributed by atoms with Crippen LogP contribution in [0.2, 0.25) is 0 Å². The third-order valence-corrected chi connectivity index (χ3v) is 4.18. The highest BCUT2D eigenvalue weighted by Gasteiger charge is 2.14. The van der Waals surface area contributed by atoms with Gasteiger partial charge in [-0.2, -0.15) is 11.8 Å². The molecule has 0 rings (SSSR count). The monoisotopic (exact) mass is 217 g/mol. The first kappa shape index (κ1) is 14.3. The number of hydrogen-bond donors (Lipinski definition) is 1. The van der Waals surface area contributed by atoms with Crippen molar-refractivity contribution in [2.45, 2.75) is 47.0 Å². The van der Waals surface area contributed by atoms with Gasteiger partial charge in [-0.1, -0.05) is 34.1 Å². The maximum atomic E-state index is 5.68. The minimum atomic E-state index is 0.344. The third-order valence-electron chi connectivity index (χ3n) is 2.79. The van der Waals surface area contributed by atoms with Gasteiger partial charge in [-0.3, -0.25) is 0 Å². The summed E-state index contributed by atoms with van der Waals surface area (Å²) in [7, 11) is 0. The Bertz CT molecular complexity index is 134. The van der Waals surface area contributed by atoms with Gasteiger partial charge in [-0.15, -0.1) is 0 Å². The third kappa shape index (κ3) is 7.69. The van der Waals surface area contributed by atoms with Crippen LogP contribution in [-0.2, 0) is 0 Å². The molecule has 1 nitrogen and oxygen atoms in total. The molecule has 0 saturated heterocycles. The summed E-state index contributed by atoms with van der Waals surface area (Å²) < 4.78 is 0. The average molecular weight is 217 g/mol. The summed E-state index contributed by atoms with van der Waals surface area (Å²) in [6.07, 6.45) is 3.88. The van der Waals surface area contributed by atoms with Crippen LogP contribution in [0.1, 0.15) is 47.0 Å². The van der Waals surface area contributed by atoms with E-state index in [1.807, 2.05) is 0 Å².